The van der Waals surface area contributed by atoms with Gasteiger partial charge in [-0.1, -0.05) is 0 Å². The van der Waals surface area contributed by atoms with Gasteiger partial charge in [0.2, 0.25) is 5.91 Å². The van der Waals surface area contributed by atoms with Crippen LogP contribution in [0.2, 0.25) is 0 Å². The van der Waals surface area contributed by atoms with Crippen molar-refractivity contribution in [2.45, 2.75) is 58.2 Å². The minimum atomic E-state index is -1.06. The van der Waals surface area contributed by atoms with Gasteiger partial charge in [-0.2, -0.15) is 0 Å². The molecular weight excluding hydrogens is 538 g/mol. The molecule has 1 atom stereocenters. The molecule has 3 N–H and O–H groups in total. The Balaban J connectivity index is 1.63. The molecule has 1 aliphatic heterocycles. The lowest BCUT2D eigenvalue weighted by atomic mass is 10.1. The predicted molar refractivity (Wildman–Crippen MR) is 149 cm³/mol. The third kappa shape index (κ3) is 13.2. The van der Waals surface area contributed by atoms with Gasteiger partial charge in [-0.05, 0) is 57.4 Å². The van der Waals surface area contributed by atoms with Gasteiger partial charge in [0.1, 0.15) is 11.6 Å². The third-order valence-electron chi connectivity index (χ3n) is 5.85. The Kier molecular flexibility index (Phi) is 14.3. The molecule has 1 heterocycles. The summed E-state index contributed by atoms with van der Waals surface area (Å²) < 4.78 is 26.5. The number of benzene rings is 1. The van der Waals surface area contributed by atoms with Crippen molar-refractivity contribution < 1.29 is 48.0 Å². The molecule has 13 heteroatoms. The Morgan fingerprint density at radius 2 is 1.66 bits per heavy atom. The summed E-state index contributed by atoms with van der Waals surface area (Å²) in [6, 6.07) is 3.78. The molecule has 0 aromatic heterocycles. The van der Waals surface area contributed by atoms with Crippen molar-refractivity contribution in [3.8, 4) is 0 Å². The largest absolute Gasteiger partial charge is 0.478 e. The van der Waals surface area contributed by atoms with Gasteiger partial charge >= 0.3 is 18.0 Å². The van der Waals surface area contributed by atoms with E-state index in [1.54, 1.807) is 11.0 Å². The quantitative estimate of drug-likeness (QED) is 0.183. The molecule has 1 aliphatic rings. The number of carbonyl (C=O) groups is 4. The smallest absolute Gasteiger partial charge is 0.407 e. The van der Waals surface area contributed by atoms with Crippen molar-refractivity contribution in [3.05, 3.63) is 29.3 Å². The SMILES string of the molecule is COC(=O)C[C@H]1Nc2ccc(C(=O)O)cc2CN(CCCOCCOCCOCCCNC(=O)OC(C)(C)C)C1=O. The molecule has 0 radical (unpaired) electrons. The standard InChI is InChI=1S/C28H43N3O10/c1-28(2,3)41-27(36)29-9-5-11-38-13-15-40-16-14-39-12-6-10-31-19-21-17-20(26(34)35)7-8-22(21)30-23(25(31)33)18-24(32)37-4/h7-8,17,23,30H,5-6,9-16,18-19H2,1-4H3,(H,29,36)(H,34,35)/t23-/m1/s1. The average molecular weight is 582 g/mol. The molecule has 0 bridgehead atoms. The number of hydrogen-bond donors (Lipinski definition) is 3. The van der Waals surface area contributed by atoms with E-state index in [9.17, 15) is 24.3 Å². The van der Waals surface area contributed by atoms with Crippen LogP contribution in [-0.2, 0) is 39.8 Å². The first-order valence-electron chi connectivity index (χ1n) is 13.7. The van der Waals surface area contributed by atoms with E-state index in [0.717, 1.165) is 0 Å². The summed E-state index contributed by atoms with van der Waals surface area (Å²) >= 11 is 0. The Morgan fingerprint density at radius 3 is 2.27 bits per heavy atom. The zero-order valence-corrected chi connectivity index (χ0v) is 24.4. The molecule has 230 valence electrons. The molecule has 1 aromatic rings. The molecule has 13 nitrogen and oxygen atoms in total. The highest BCUT2D eigenvalue weighted by Crippen LogP contribution is 2.26. The number of fused-ring (bicyclic) bond motifs is 1. The lowest BCUT2D eigenvalue weighted by molar-refractivity contribution is -0.144. The fourth-order valence-electron chi connectivity index (χ4n) is 3.91. The van der Waals surface area contributed by atoms with Gasteiger partial charge in [0, 0.05) is 38.5 Å². The number of aromatic carboxylic acids is 1. The van der Waals surface area contributed by atoms with Crippen LogP contribution in [0.5, 0.6) is 0 Å². The second-order valence-corrected chi connectivity index (χ2v) is 10.4. The van der Waals surface area contributed by atoms with Crippen LogP contribution >= 0.6 is 0 Å². The van der Waals surface area contributed by atoms with Crippen molar-refractivity contribution in [3.63, 3.8) is 0 Å². The van der Waals surface area contributed by atoms with Crippen LogP contribution in [0, 0.1) is 0 Å². The number of carbonyl (C=O) groups excluding carboxylic acids is 3. The maximum absolute atomic E-state index is 13.2. The minimum absolute atomic E-state index is 0.119. The monoisotopic (exact) mass is 581 g/mol. The highest BCUT2D eigenvalue weighted by atomic mass is 16.6. The van der Waals surface area contributed by atoms with Crippen LogP contribution in [0.15, 0.2) is 18.2 Å². The zero-order chi connectivity index (χ0) is 30.3. The number of amides is 2. The topological polar surface area (TPSA) is 162 Å². The predicted octanol–water partition coefficient (Wildman–Crippen LogP) is 2.43. The van der Waals surface area contributed by atoms with E-state index >= 15 is 0 Å². The first-order chi connectivity index (χ1) is 19.5. The number of hydrogen-bond acceptors (Lipinski definition) is 10. The zero-order valence-electron chi connectivity index (χ0n) is 24.4. The number of nitrogens with one attached hydrogen (secondary N) is 2. The summed E-state index contributed by atoms with van der Waals surface area (Å²) in [7, 11) is 1.26. The number of rotatable bonds is 17. The second-order valence-electron chi connectivity index (χ2n) is 10.4. The van der Waals surface area contributed by atoms with E-state index < -0.39 is 29.7 Å². The number of esters is 1. The first-order valence-corrected chi connectivity index (χ1v) is 13.7. The van der Waals surface area contributed by atoms with Crippen LogP contribution in [-0.4, -0.2) is 105 Å². The van der Waals surface area contributed by atoms with E-state index in [0.29, 0.717) is 76.8 Å². The van der Waals surface area contributed by atoms with Crippen molar-refractivity contribution in [2.75, 3.05) is 65.2 Å². The number of alkyl carbamates (subject to hydrolysis) is 1. The van der Waals surface area contributed by atoms with Gasteiger partial charge in [-0.25, -0.2) is 9.59 Å². The maximum Gasteiger partial charge on any atom is 0.407 e. The number of carboxylic acids is 1. The third-order valence-corrected chi connectivity index (χ3v) is 5.85. The number of ether oxygens (including phenoxy) is 5. The van der Waals surface area contributed by atoms with E-state index in [1.165, 1.54) is 19.2 Å². The summed E-state index contributed by atoms with van der Waals surface area (Å²) in [6.07, 6.45) is 0.615. The minimum Gasteiger partial charge on any atom is -0.478 e. The van der Waals surface area contributed by atoms with Crippen LogP contribution in [0.25, 0.3) is 0 Å². The molecule has 0 saturated carbocycles. The van der Waals surface area contributed by atoms with Gasteiger partial charge < -0.3 is 44.3 Å². The molecular formula is C28H43N3O10. The molecule has 41 heavy (non-hydrogen) atoms. The Hall–Kier alpha value is -3.42. The summed E-state index contributed by atoms with van der Waals surface area (Å²) in [5.41, 5.74) is 0.855. The fourth-order valence-corrected chi connectivity index (χ4v) is 3.91. The van der Waals surface area contributed by atoms with Gasteiger partial charge in [-0.15, -0.1) is 0 Å². The van der Waals surface area contributed by atoms with Crippen LogP contribution < -0.4 is 10.6 Å². The van der Waals surface area contributed by atoms with Gasteiger partial charge in [0.05, 0.1) is 45.5 Å². The molecule has 1 aromatic carbocycles. The molecule has 0 saturated heterocycles. The average Bonchev–Trinajstić information content (AvgIpc) is 3.03. The lowest BCUT2D eigenvalue weighted by Crippen LogP contribution is -2.42. The Morgan fingerprint density at radius 1 is 1.02 bits per heavy atom. The van der Waals surface area contributed by atoms with Gasteiger partial charge in [0.25, 0.3) is 0 Å². The van der Waals surface area contributed by atoms with E-state index in [4.69, 9.17) is 23.7 Å². The van der Waals surface area contributed by atoms with E-state index in [1.807, 2.05) is 20.8 Å². The Labute approximate surface area is 240 Å². The molecule has 0 spiro atoms. The van der Waals surface area contributed by atoms with Crippen molar-refractivity contribution >= 4 is 29.6 Å². The van der Waals surface area contributed by atoms with Gasteiger partial charge in [-0.3, -0.25) is 9.59 Å². The van der Waals surface area contributed by atoms with E-state index in [-0.39, 0.29) is 24.4 Å². The fraction of sp³-hybridized carbons (Fsp3) is 0.643. The molecule has 0 fully saturated rings. The second kappa shape index (κ2) is 17.4. The first kappa shape index (κ1) is 33.8. The number of carboxylic acid groups (broad SMARTS) is 1. The normalized spacial score (nSPS) is 15.0. The van der Waals surface area contributed by atoms with Crippen LogP contribution in [0.1, 0.15) is 56.0 Å². The lowest BCUT2D eigenvalue weighted by Gasteiger charge is -2.24. The maximum atomic E-state index is 13.2. The summed E-state index contributed by atoms with van der Waals surface area (Å²) in [4.78, 5) is 49.6. The van der Waals surface area contributed by atoms with E-state index in [2.05, 4.69) is 10.6 Å². The number of nitrogens with zero attached hydrogens (tertiary/aromatic N) is 1. The summed E-state index contributed by atoms with van der Waals surface area (Å²) in [6.45, 7) is 8.96. The van der Waals surface area contributed by atoms with Crippen molar-refractivity contribution in [1.29, 1.82) is 0 Å². The number of anilines is 1. The highest BCUT2D eigenvalue weighted by molar-refractivity contribution is 5.92. The summed E-state index contributed by atoms with van der Waals surface area (Å²) in [5.74, 6) is -1.85. The Bertz CT molecular complexity index is 1010. The molecule has 2 amide bonds. The van der Waals surface area contributed by atoms with Crippen LogP contribution in [0.3, 0.4) is 0 Å². The van der Waals surface area contributed by atoms with Crippen LogP contribution in [0.4, 0.5) is 10.5 Å². The molecule has 0 aliphatic carbocycles. The van der Waals surface area contributed by atoms with Crippen molar-refractivity contribution in [2.24, 2.45) is 0 Å². The molecule has 0 unspecified atom stereocenters. The molecule has 2 rings (SSSR count). The summed E-state index contributed by atoms with van der Waals surface area (Å²) in [5, 5.41) is 15.1. The number of methoxy groups -OCH3 is 1. The highest BCUT2D eigenvalue weighted by Gasteiger charge is 2.31. The van der Waals surface area contributed by atoms with Crippen molar-refractivity contribution in [1.82, 2.24) is 10.2 Å². The van der Waals surface area contributed by atoms with Gasteiger partial charge in [0.15, 0.2) is 0 Å².